The molecule has 0 aliphatic heterocycles. The molecule has 0 heterocycles. The lowest BCUT2D eigenvalue weighted by Gasteiger charge is -2.08. The van der Waals surface area contributed by atoms with E-state index in [9.17, 15) is 9.18 Å². The number of halogens is 2. The van der Waals surface area contributed by atoms with E-state index < -0.39 is 0 Å². The van der Waals surface area contributed by atoms with Crippen LogP contribution in [0.3, 0.4) is 0 Å². The minimum Gasteiger partial charge on any atom is -0.352 e. The van der Waals surface area contributed by atoms with Crippen LogP contribution in [0, 0.1) is 19.7 Å². The van der Waals surface area contributed by atoms with Crippen molar-refractivity contribution in [2.45, 2.75) is 20.3 Å². The number of hydrogen-bond donors (Lipinski definition) is 1. The molecule has 0 spiro atoms. The number of hydrogen-bond acceptors (Lipinski definition) is 1. The molecule has 0 fully saturated rings. The van der Waals surface area contributed by atoms with Crippen LogP contribution < -0.4 is 5.32 Å². The van der Waals surface area contributed by atoms with Crippen molar-refractivity contribution in [3.05, 3.63) is 68.9 Å². The summed E-state index contributed by atoms with van der Waals surface area (Å²) in [6.45, 7) is 4.37. The fourth-order valence-electron chi connectivity index (χ4n) is 2.09. The van der Waals surface area contributed by atoms with Crippen molar-refractivity contribution < 1.29 is 9.18 Å². The van der Waals surface area contributed by atoms with E-state index in [1.54, 1.807) is 12.1 Å². The van der Waals surface area contributed by atoms with Crippen LogP contribution >= 0.6 is 15.9 Å². The first-order valence-electron chi connectivity index (χ1n) is 6.77. The molecule has 1 N–H and O–H groups in total. The number of carbonyl (C=O) groups excluding carboxylic acids is 1. The summed E-state index contributed by atoms with van der Waals surface area (Å²) in [6.07, 6.45) is 0.685. The van der Waals surface area contributed by atoms with E-state index in [4.69, 9.17) is 0 Å². The molecule has 110 valence electrons. The second-order valence-electron chi connectivity index (χ2n) is 5.04. The lowest BCUT2D eigenvalue weighted by molar-refractivity contribution is 0.0954. The smallest absolute Gasteiger partial charge is 0.251 e. The van der Waals surface area contributed by atoms with Crippen LogP contribution in [0.4, 0.5) is 4.39 Å². The quantitative estimate of drug-likeness (QED) is 0.881. The molecule has 21 heavy (non-hydrogen) atoms. The predicted molar refractivity (Wildman–Crippen MR) is 86.1 cm³/mol. The van der Waals surface area contributed by atoms with Crippen molar-refractivity contribution in [1.29, 1.82) is 0 Å². The van der Waals surface area contributed by atoms with Crippen LogP contribution in [0.15, 0.2) is 40.9 Å². The molecule has 4 heteroatoms. The molecular weight excluding hydrogens is 333 g/mol. The number of rotatable bonds is 4. The van der Waals surface area contributed by atoms with Gasteiger partial charge >= 0.3 is 0 Å². The molecule has 2 nitrogen and oxygen atoms in total. The van der Waals surface area contributed by atoms with Crippen molar-refractivity contribution in [3.63, 3.8) is 0 Å². The van der Waals surface area contributed by atoms with E-state index in [0.29, 0.717) is 18.5 Å². The molecule has 0 radical (unpaired) electrons. The third-order valence-corrected chi connectivity index (χ3v) is 4.27. The number of amides is 1. The van der Waals surface area contributed by atoms with Gasteiger partial charge in [-0.2, -0.15) is 0 Å². The van der Waals surface area contributed by atoms with Crippen LogP contribution in [0.5, 0.6) is 0 Å². The van der Waals surface area contributed by atoms with Gasteiger partial charge in [0.25, 0.3) is 5.91 Å². The minimum absolute atomic E-state index is 0.101. The van der Waals surface area contributed by atoms with Gasteiger partial charge in [0.1, 0.15) is 5.82 Å². The van der Waals surface area contributed by atoms with Crippen molar-refractivity contribution in [3.8, 4) is 0 Å². The summed E-state index contributed by atoms with van der Waals surface area (Å²) >= 11 is 3.42. The Balaban J connectivity index is 1.93. The predicted octanol–water partition coefficient (Wildman–Crippen LogP) is 4.18. The van der Waals surface area contributed by atoms with Gasteiger partial charge in [-0.25, -0.2) is 4.39 Å². The average Bonchev–Trinajstić information content (AvgIpc) is 2.44. The largest absolute Gasteiger partial charge is 0.352 e. The molecule has 0 unspecified atom stereocenters. The summed E-state index contributed by atoms with van der Waals surface area (Å²) in [4.78, 5) is 12.0. The van der Waals surface area contributed by atoms with Crippen molar-refractivity contribution in [2.75, 3.05) is 6.54 Å². The van der Waals surface area contributed by atoms with E-state index >= 15 is 0 Å². The Labute approximate surface area is 132 Å². The first-order chi connectivity index (χ1) is 9.97. The SMILES string of the molecule is Cc1ccc(C(=O)NCCc2ccc(F)cc2C)cc1Br. The number of carbonyl (C=O) groups is 1. The molecule has 0 aliphatic carbocycles. The maximum Gasteiger partial charge on any atom is 0.251 e. The summed E-state index contributed by atoms with van der Waals surface area (Å²) in [7, 11) is 0. The maximum absolute atomic E-state index is 13.0. The zero-order valence-electron chi connectivity index (χ0n) is 12.0. The Morgan fingerprint density at radius 2 is 1.90 bits per heavy atom. The average molecular weight is 350 g/mol. The molecule has 0 aromatic heterocycles. The maximum atomic E-state index is 13.0. The first-order valence-corrected chi connectivity index (χ1v) is 7.56. The standard InChI is InChI=1S/C17H17BrFNO/c1-11-3-4-14(10-16(11)18)17(21)20-8-7-13-5-6-15(19)9-12(13)2/h3-6,9-10H,7-8H2,1-2H3,(H,20,21). The molecular formula is C17H17BrFNO. The van der Waals surface area contributed by atoms with E-state index in [1.165, 1.54) is 12.1 Å². The molecule has 0 saturated heterocycles. The summed E-state index contributed by atoms with van der Waals surface area (Å²) < 4.78 is 13.9. The zero-order chi connectivity index (χ0) is 15.4. The van der Waals surface area contributed by atoms with Gasteiger partial charge in [0.05, 0.1) is 0 Å². The summed E-state index contributed by atoms with van der Waals surface area (Å²) in [5.41, 5.74) is 3.67. The molecule has 2 aromatic rings. The Morgan fingerprint density at radius 3 is 2.57 bits per heavy atom. The number of nitrogens with one attached hydrogen (secondary N) is 1. The summed E-state index contributed by atoms with van der Waals surface area (Å²) in [5, 5.41) is 2.88. The Kier molecular flexibility index (Phi) is 5.12. The normalized spacial score (nSPS) is 10.5. The third-order valence-electron chi connectivity index (χ3n) is 3.42. The molecule has 2 aromatic carbocycles. The van der Waals surface area contributed by atoms with Crippen LogP contribution in [0.2, 0.25) is 0 Å². The zero-order valence-corrected chi connectivity index (χ0v) is 13.6. The van der Waals surface area contributed by atoms with Crippen molar-refractivity contribution in [1.82, 2.24) is 5.32 Å². The van der Waals surface area contributed by atoms with Crippen LogP contribution in [0.25, 0.3) is 0 Å². The topological polar surface area (TPSA) is 29.1 Å². The molecule has 0 atom stereocenters. The van der Waals surface area contributed by atoms with E-state index in [-0.39, 0.29) is 11.7 Å². The third kappa shape index (κ3) is 4.14. The lowest BCUT2D eigenvalue weighted by atomic mass is 10.1. The van der Waals surface area contributed by atoms with E-state index in [1.807, 2.05) is 26.0 Å². The highest BCUT2D eigenvalue weighted by Crippen LogP contribution is 2.17. The Morgan fingerprint density at radius 1 is 1.14 bits per heavy atom. The second-order valence-corrected chi connectivity index (χ2v) is 5.90. The van der Waals surface area contributed by atoms with Crippen LogP contribution in [-0.4, -0.2) is 12.5 Å². The fraction of sp³-hybridized carbons (Fsp3) is 0.235. The molecule has 0 aliphatic rings. The van der Waals surface area contributed by atoms with Crippen molar-refractivity contribution in [2.24, 2.45) is 0 Å². The van der Waals surface area contributed by atoms with Crippen LogP contribution in [-0.2, 0) is 6.42 Å². The lowest BCUT2D eigenvalue weighted by Crippen LogP contribution is -2.25. The molecule has 2 rings (SSSR count). The monoisotopic (exact) mass is 349 g/mol. The Bertz CT molecular complexity index is 670. The van der Waals surface area contributed by atoms with Crippen molar-refractivity contribution >= 4 is 21.8 Å². The second kappa shape index (κ2) is 6.85. The van der Waals surface area contributed by atoms with Gasteiger partial charge in [-0.05, 0) is 61.2 Å². The van der Waals surface area contributed by atoms with Gasteiger partial charge < -0.3 is 5.32 Å². The highest BCUT2D eigenvalue weighted by Gasteiger charge is 2.07. The van der Waals surface area contributed by atoms with Gasteiger partial charge in [0, 0.05) is 16.6 Å². The van der Waals surface area contributed by atoms with Gasteiger partial charge in [0.2, 0.25) is 0 Å². The van der Waals surface area contributed by atoms with E-state index in [0.717, 1.165) is 21.2 Å². The first kappa shape index (κ1) is 15.7. The Hall–Kier alpha value is -1.68. The fourth-order valence-corrected chi connectivity index (χ4v) is 2.47. The van der Waals surface area contributed by atoms with Gasteiger partial charge in [0.15, 0.2) is 0 Å². The summed E-state index contributed by atoms with van der Waals surface area (Å²) in [6, 6.07) is 10.2. The van der Waals surface area contributed by atoms with Gasteiger partial charge in [-0.1, -0.05) is 28.1 Å². The van der Waals surface area contributed by atoms with Crippen LogP contribution in [0.1, 0.15) is 27.0 Å². The number of benzene rings is 2. The number of aryl methyl sites for hydroxylation is 2. The van der Waals surface area contributed by atoms with Gasteiger partial charge in [-0.15, -0.1) is 0 Å². The minimum atomic E-state index is -0.232. The van der Waals surface area contributed by atoms with E-state index in [2.05, 4.69) is 21.2 Å². The van der Waals surface area contributed by atoms with Gasteiger partial charge in [-0.3, -0.25) is 4.79 Å². The molecule has 0 bridgehead atoms. The summed E-state index contributed by atoms with van der Waals surface area (Å²) in [5.74, 6) is -0.333. The highest BCUT2D eigenvalue weighted by molar-refractivity contribution is 9.10. The highest BCUT2D eigenvalue weighted by atomic mass is 79.9. The molecule has 0 saturated carbocycles. The molecule has 1 amide bonds.